The fourth-order valence-corrected chi connectivity index (χ4v) is 4.23. The number of alkyl halides is 3. The number of rotatable bonds is 10. The van der Waals surface area contributed by atoms with Crippen molar-refractivity contribution >= 4 is 16.9 Å². The lowest BCUT2D eigenvalue weighted by Crippen LogP contribution is -2.24. The van der Waals surface area contributed by atoms with Crippen molar-refractivity contribution in [1.29, 1.82) is 0 Å². The van der Waals surface area contributed by atoms with Gasteiger partial charge in [0.25, 0.3) is 0 Å². The lowest BCUT2D eigenvalue weighted by molar-refractivity contribution is -0.137. The van der Waals surface area contributed by atoms with Crippen molar-refractivity contribution in [2.45, 2.75) is 33.0 Å². The van der Waals surface area contributed by atoms with Gasteiger partial charge in [-0.1, -0.05) is 18.2 Å². The van der Waals surface area contributed by atoms with Crippen molar-refractivity contribution in [3.8, 4) is 22.6 Å². The molecule has 10 heteroatoms. The van der Waals surface area contributed by atoms with Gasteiger partial charge in [0.05, 0.1) is 24.8 Å². The Morgan fingerprint density at radius 3 is 2.52 bits per heavy atom. The van der Waals surface area contributed by atoms with Crippen LogP contribution in [-0.2, 0) is 10.9 Å². The minimum Gasteiger partial charge on any atom is -0.497 e. The maximum Gasteiger partial charge on any atom is 0.416 e. The second kappa shape index (κ2) is 12.3. The summed E-state index contributed by atoms with van der Waals surface area (Å²) in [7, 11) is 1.60. The molecule has 0 aliphatic heterocycles. The van der Waals surface area contributed by atoms with Gasteiger partial charge < -0.3 is 19.5 Å². The Balaban J connectivity index is 1.54. The van der Waals surface area contributed by atoms with Crippen molar-refractivity contribution < 1.29 is 32.2 Å². The molecule has 0 spiro atoms. The standard InChI is InChI=1S/C30H30F3N3O4/c1-5-39-29(37)28-35-19(3)26-16-21(9-10-27(26)36-28)22-13-23(30(31,32)33)17-25(15-22)40-12-11-34-18(2)20-7-6-8-24(14-20)38-4/h6-10,13-18,34H,5,11-12H2,1-4H3/t18-/m1/s1. The number of nitrogens with zero attached hydrogens (tertiary/aromatic N) is 2. The van der Waals surface area contributed by atoms with Gasteiger partial charge in [0, 0.05) is 23.7 Å². The third-order valence-corrected chi connectivity index (χ3v) is 6.33. The van der Waals surface area contributed by atoms with Gasteiger partial charge >= 0.3 is 12.1 Å². The number of aromatic nitrogens is 2. The molecule has 0 radical (unpaired) electrons. The van der Waals surface area contributed by atoms with Gasteiger partial charge in [-0.25, -0.2) is 14.8 Å². The first-order valence-corrected chi connectivity index (χ1v) is 12.8. The molecule has 3 aromatic carbocycles. The molecule has 0 bridgehead atoms. The third-order valence-electron chi connectivity index (χ3n) is 6.33. The smallest absolute Gasteiger partial charge is 0.416 e. The highest BCUT2D eigenvalue weighted by molar-refractivity contribution is 5.91. The topological polar surface area (TPSA) is 82.6 Å². The molecule has 0 amide bonds. The molecule has 1 atom stereocenters. The average molecular weight is 554 g/mol. The van der Waals surface area contributed by atoms with E-state index in [9.17, 15) is 18.0 Å². The molecule has 0 saturated carbocycles. The van der Waals surface area contributed by atoms with E-state index in [4.69, 9.17) is 14.2 Å². The van der Waals surface area contributed by atoms with E-state index >= 15 is 0 Å². The molecular weight excluding hydrogens is 523 g/mol. The maximum atomic E-state index is 13.8. The molecular formula is C30H30F3N3O4. The highest BCUT2D eigenvalue weighted by atomic mass is 19.4. The van der Waals surface area contributed by atoms with Crippen LogP contribution < -0.4 is 14.8 Å². The van der Waals surface area contributed by atoms with Gasteiger partial charge in [0.1, 0.15) is 18.1 Å². The van der Waals surface area contributed by atoms with E-state index in [2.05, 4.69) is 15.3 Å². The van der Waals surface area contributed by atoms with Gasteiger partial charge in [-0.15, -0.1) is 0 Å². The number of carbonyl (C=O) groups excluding carboxylic acids is 1. The molecule has 0 unspecified atom stereocenters. The van der Waals surface area contributed by atoms with E-state index in [0.29, 0.717) is 34.3 Å². The summed E-state index contributed by atoms with van der Waals surface area (Å²) in [6.07, 6.45) is -4.56. The summed E-state index contributed by atoms with van der Waals surface area (Å²) in [5, 5.41) is 3.92. The Hall–Kier alpha value is -4.18. The minimum absolute atomic E-state index is 0.0110. The molecule has 0 saturated heterocycles. The second-order valence-corrected chi connectivity index (χ2v) is 9.13. The van der Waals surface area contributed by atoms with E-state index in [-0.39, 0.29) is 30.8 Å². The molecule has 1 heterocycles. The van der Waals surface area contributed by atoms with E-state index in [1.807, 2.05) is 31.2 Å². The number of nitrogens with one attached hydrogen (secondary N) is 1. The molecule has 40 heavy (non-hydrogen) atoms. The van der Waals surface area contributed by atoms with Crippen LogP contribution in [0.5, 0.6) is 11.5 Å². The van der Waals surface area contributed by atoms with Crippen molar-refractivity contribution in [3.63, 3.8) is 0 Å². The van der Waals surface area contributed by atoms with E-state index in [1.165, 1.54) is 0 Å². The number of methoxy groups -OCH3 is 1. The zero-order chi connectivity index (χ0) is 28.9. The molecule has 1 N–H and O–H groups in total. The normalized spacial score (nSPS) is 12.3. The van der Waals surface area contributed by atoms with E-state index < -0.39 is 17.7 Å². The molecule has 0 aliphatic carbocycles. The summed E-state index contributed by atoms with van der Waals surface area (Å²) in [6.45, 7) is 6.14. The van der Waals surface area contributed by atoms with E-state index in [0.717, 1.165) is 23.4 Å². The fraction of sp³-hybridized carbons (Fsp3) is 0.300. The van der Waals surface area contributed by atoms with Gasteiger partial charge in [-0.3, -0.25) is 0 Å². The molecule has 1 aromatic heterocycles. The monoisotopic (exact) mass is 553 g/mol. The van der Waals surface area contributed by atoms with Crippen LogP contribution in [0.2, 0.25) is 0 Å². The van der Waals surface area contributed by atoms with Gasteiger partial charge in [0.15, 0.2) is 0 Å². The second-order valence-electron chi connectivity index (χ2n) is 9.13. The highest BCUT2D eigenvalue weighted by Crippen LogP contribution is 2.36. The first-order chi connectivity index (χ1) is 19.1. The quantitative estimate of drug-likeness (QED) is 0.176. The number of benzene rings is 3. The predicted octanol–water partition coefficient (Wildman–Crippen LogP) is 6.54. The van der Waals surface area contributed by atoms with Crippen LogP contribution >= 0.6 is 0 Å². The Kier molecular flexibility index (Phi) is 8.89. The van der Waals surface area contributed by atoms with Gasteiger partial charge in [-0.2, -0.15) is 13.2 Å². The summed E-state index contributed by atoms with van der Waals surface area (Å²) in [6, 6.07) is 16.3. The number of hydrogen-bond acceptors (Lipinski definition) is 7. The van der Waals surface area contributed by atoms with Crippen molar-refractivity contribution in [1.82, 2.24) is 15.3 Å². The number of hydrogen-bond donors (Lipinski definition) is 1. The first-order valence-electron chi connectivity index (χ1n) is 12.8. The Morgan fingerprint density at radius 2 is 1.80 bits per heavy atom. The lowest BCUT2D eigenvalue weighted by Gasteiger charge is -2.17. The number of aryl methyl sites for hydroxylation is 1. The van der Waals surface area contributed by atoms with Crippen LogP contribution in [0.15, 0.2) is 60.7 Å². The van der Waals surface area contributed by atoms with Crippen LogP contribution in [0, 0.1) is 6.92 Å². The molecule has 4 aromatic rings. The lowest BCUT2D eigenvalue weighted by atomic mass is 10.00. The van der Waals surface area contributed by atoms with Crippen LogP contribution in [0.1, 0.15) is 47.3 Å². The molecule has 210 valence electrons. The maximum absolute atomic E-state index is 13.8. The number of halogens is 3. The SMILES string of the molecule is CCOC(=O)c1nc(C)c2cc(-c3cc(OCCN[C@H](C)c4cccc(OC)c4)cc(C(F)(F)F)c3)ccc2n1. The molecule has 4 rings (SSSR count). The van der Waals surface area contributed by atoms with Crippen LogP contribution in [-0.4, -0.2) is 42.8 Å². The third kappa shape index (κ3) is 6.87. The summed E-state index contributed by atoms with van der Waals surface area (Å²) in [5.41, 5.74) is 2.06. The zero-order valence-electron chi connectivity index (χ0n) is 22.6. The summed E-state index contributed by atoms with van der Waals surface area (Å²) >= 11 is 0. The molecule has 7 nitrogen and oxygen atoms in total. The molecule has 0 fully saturated rings. The Morgan fingerprint density at radius 1 is 1.00 bits per heavy atom. The Labute approximate surface area is 230 Å². The zero-order valence-corrected chi connectivity index (χ0v) is 22.6. The predicted molar refractivity (Wildman–Crippen MR) is 146 cm³/mol. The van der Waals surface area contributed by atoms with Gasteiger partial charge in [0.2, 0.25) is 5.82 Å². The summed E-state index contributed by atoms with van der Waals surface area (Å²) in [5.74, 6) is 0.146. The van der Waals surface area contributed by atoms with Crippen molar-refractivity contribution in [3.05, 3.63) is 83.3 Å². The number of carbonyl (C=O) groups is 1. The fourth-order valence-electron chi connectivity index (χ4n) is 4.23. The number of fused-ring (bicyclic) bond motifs is 1. The van der Waals surface area contributed by atoms with Crippen LogP contribution in [0.25, 0.3) is 22.0 Å². The minimum atomic E-state index is -4.56. The van der Waals surface area contributed by atoms with Crippen molar-refractivity contribution in [2.24, 2.45) is 0 Å². The summed E-state index contributed by atoms with van der Waals surface area (Å²) in [4.78, 5) is 20.5. The first kappa shape index (κ1) is 28.8. The highest BCUT2D eigenvalue weighted by Gasteiger charge is 2.31. The van der Waals surface area contributed by atoms with E-state index in [1.54, 1.807) is 45.2 Å². The van der Waals surface area contributed by atoms with Gasteiger partial charge in [-0.05, 0) is 79.9 Å². The number of ether oxygens (including phenoxy) is 3. The number of esters is 1. The van der Waals surface area contributed by atoms with Crippen LogP contribution in [0.3, 0.4) is 0 Å². The van der Waals surface area contributed by atoms with Crippen molar-refractivity contribution in [2.75, 3.05) is 26.9 Å². The average Bonchev–Trinajstić information content (AvgIpc) is 2.94. The summed E-state index contributed by atoms with van der Waals surface area (Å²) < 4.78 is 57.3. The molecule has 0 aliphatic rings. The largest absolute Gasteiger partial charge is 0.497 e. The van der Waals surface area contributed by atoms with Crippen LogP contribution in [0.4, 0.5) is 13.2 Å². The Bertz CT molecular complexity index is 1510.